The van der Waals surface area contributed by atoms with E-state index in [-0.39, 0.29) is 30.3 Å². The molecule has 0 aliphatic carbocycles. The number of allylic oxidation sites excluding steroid dienone is 1. The van der Waals surface area contributed by atoms with Crippen LogP contribution in [0, 0.1) is 0 Å². The van der Waals surface area contributed by atoms with Crippen molar-refractivity contribution >= 4 is 17.7 Å². The summed E-state index contributed by atoms with van der Waals surface area (Å²) in [6.45, 7) is 3.45. The van der Waals surface area contributed by atoms with Gasteiger partial charge in [-0.25, -0.2) is 4.79 Å². The van der Waals surface area contributed by atoms with Gasteiger partial charge in [-0.05, 0) is 36.8 Å². The molecule has 2 aromatic carbocycles. The molecule has 0 radical (unpaired) electrons. The molecule has 5 nitrogen and oxygen atoms in total. The van der Waals surface area contributed by atoms with Crippen molar-refractivity contribution in [3.63, 3.8) is 0 Å². The zero-order valence-corrected chi connectivity index (χ0v) is 13.6. The Balaban J connectivity index is 1.83. The van der Waals surface area contributed by atoms with Gasteiger partial charge in [0.25, 0.3) is 0 Å². The molecule has 0 N–H and O–H groups in total. The maximum atomic E-state index is 12.3. The lowest BCUT2D eigenvalue weighted by atomic mass is 10.0. The van der Waals surface area contributed by atoms with Crippen LogP contribution in [0.25, 0.3) is 0 Å². The van der Waals surface area contributed by atoms with E-state index in [1.54, 1.807) is 36.4 Å². The van der Waals surface area contributed by atoms with Gasteiger partial charge in [0.05, 0.1) is 6.61 Å². The molecule has 0 spiro atoms. The molecule has 0 aliphatic heterocycles. The van der Waals surface area contributed by atoms with Crippen molar-refractivity contribution in [1.29, 1.82) is 0 Å². The summed E-state index contributed by atoms with van der Waals surface area (Å²) < 4.78 is 9.88. The van der Waals surface area contributed by atoms with Gasteiger partial charge in [0, 0.05) is 17.5 Å². The van der Waals surface area contributed by atoms with Crippen molar-refractivity contribution in [1.82, 2.24) is 0 Å². The zero-order valence-electron chi connectivity index (χ0n) is 13.6. The number of rotatable bonds is 8. The predicted molar refractivity (Wildman–Crippen MR) is 92.7 cm³/mol. The van der Waals surface area contributed by atoms with Crippen LogP contribution in [0.15, 0.2) is 67.3 Å². The molecule has 0 saturated carbocycles. The van der Waals surface area contributed by atoms with Crippen molar-refractivity contribution in [3.8, 4) is 5.75 Å². The maximum absolute atomic E-state index is 12.3. The van der Waals surface area contributed by atoms with Crippen molar-refractivity contribution in [2.45, 2.75) is 12.8 Å². The molecule has 0 unspecified atom stereocenters. The summed E-state index contributed by atoms with van der Waals surface area (Å²) >= 11 is 0. The Bertz CT molecular complexity index is 747. The Hall–Kier alpha value is -3.21. The van der Waals surface area contributed by atoms with Gasteiger partial charge in [0.15, 0.2) is 11.6 Å². The second-order valence-electron chi connectivity index (χ2n) is 5.19. The molecule has 0 bridgehead atoms. The van der Waals surface area contributed by atoms with Gasteiger partial charge in [-0.2, -0.15) is 0 Å². The van der Waals surface area contributed by atoms with E-state index in [1.165, 1.54) is 18.2 Å². The third-order valence-electron chi connectivity index (χ3n) is 3.37. The van der Waals surface area contributed by atoms with Crippen LogP contribution in [0.2, 0.25) is 0 Å². The summed E-state index contributed by atoms with van der Waals surface area (Å²) in [5.41, 5.74) is 1.08. The van der Waals surface area contributed by atoms with Gasteiger partial charge in [0.1, 0.15) is 5.75 Å². The SMILES string of the molecule is C=CC(=O)CCCOC(=O)Oc1ccc(C(=O)c2ccccc2)cc1. The second-order valence-corrected chi connectivity index (χ2v) is 5.19. The van der Waals surface area contributed by atoms with E-state index in [2.05, 4.69) is 6.58 Å². The Labute approximate surface area is 145 Å². The molecule has 2 rings (SSSR count). The summed E-state index contributed by atoms with van der Waals surface area (Å²) in [6.07, 6.45) is 1.06. The Kier molecular flexibility index (Phi) is 6.65. The summed E-state index contributed by atoms with van der Waals surface area (Å²) in [5.74, 6) is 0.0639. The number of ether oxygens (including phenoxy) is 2. The second kappa shape index (κ2) is 9.17. The Morgan fingerprint density at radius 1 is 0.920 bits per heavy atom. The molecule has 0 saturated heterocycles. The van der Waals surface area contributed by atoms with Gasteiger partial charge in [-0.15, -0.1) is 0 Å². The fraction of sp³-hybridized carbons (Fsp3) is 0.150. The highest BCUT2D eigenvalue weighted by Gasteiger charge is 2.10. The molecule has 0 atom stereocenters. The minimum absolute atomic E-state index is 0.0863. The molecule has 0 aromatic heterocycles. The Morgan fingerprint density at radius 2 is 1.56 bits per heavy atom. The van der Waals surface area contributed by atoms with E-state index in [4.69, 9.17) is 9.47 Å². The minimum Gasteiger partial charge on any atom is -0.434 e. The first-order valence-corrected chi connectivity index (χ1v) is 7.80. The third kappa shape index (κ3) is 5.73. The number of ketones is 2. The fourth-order valence-corrected chi connectivity index (χ4v) is 2.06. The van der Waals surface area contributed by atoms with Crippen LogP contribution in [-0.4, -0.2) is 24.3 Å². The molecule has 0 amide bonds. The van der Waals surface area contributed by atoms with E-state index >= 15 is 0 Å². The van der Waals surface area contributed by atoms with E-state index in [0.717, 1.165) is 0 Å². The van der Waals surface area contributed by atoms with Gasteiger partial charge in [-0.3, -0.25) is 9.59 Å². The quantitative estimate of drug-likeness (QED) is 0.239. The topological polar surface area (TPSA) is 69.7 Å². The molecule has 0 aliphatic rings. The Morgan fingerprint density at radius 3 is 2.20 bits per heavy atom. The average Bonchev–Trinajstić information content (AvgIpc) is 2.65. The maximum Gasteiger partial charge on any atom is 0.513 e. The lowest BCUT2D eigenvalue weighted by Crippen LogP contribution is -2.12. The highest BCUT2D eigenvalue weighted by atomic mass is 16.7. The summed E-state index contributed by atoms with van der Waals surface area (Å²) in [6, 6.07) is 15.1. The van der Waals surface area contributed by atoms with Crippen molar-refractivity contribution < 1.29 is 23.9 Å². The number of carbonyl (C=O) groups excluding carboxylic acids is 3. The summed E-state index contributed by atoms with van der Waals surface area (Å²) in [5, 5.41) is 0. The van der Waals surface area contributed by atoms with Crippen LogP contribution in [0.4, 0.5) is 4.79 Å². The van der Waals surface area contributed by atoms with E-state index < -0.39 is 6.16 Å². The average molecular weight is 338 g/mol. The molecule has 25 heavy (non-hydrogen) atoms. The number of carbonyl (C=O) groups is 3. The zero-order chi connectivity index (χ0) is 18.1. The number of benzene rings is 2. The van der Waals surface area contributed by atoms with Crippen LogP contribution in [-0.2, 0) is 9.53 Å². The summed E-state index contributed by atoms with van der Waals surface area (Å²) in [4.78, 5) is 34.8. The monoisotopic (exact) mass is 338 g/mol. The van der Waals surface area contributed by atoms with Crippen LogP contribution in [0.1, 0.15) is 28.8 Å². The van der Waals surface area contributed by atoms with Gasteiger partial charge < -0.3 is 9.47 Å². The van der Waals surface area contributed by atoms with Gasteiger partial charge >= 0.3 is 6.16 Å². The van der Waals surface area contributed by atoms with Gasteiger partial charge in [-0.1, -0.05) is 36.9 Å². The largest absolute Gasteiger partial charge is 0.513 e. The standard InChI is InChI=1S/C20H18O5/c1-2-17(21)9-6-14-24-20(23)25-18-12-10-16(11-13-18)19(22)15-7-4-3-5-8-15/h2-5,7-8,10-13H,1,6,9,14H2. The van der Waals surface area contributed by atoms with E-state index in [1.807, 2.05) is 6.07 Å². The smallest absolute Gasteiger partial charge is 0.434 e. The number of hydrogen-bond acceptors (Lipinski definition) is 5. The lowest BCUT2D eigenvalue weighted by Gasteiger charge is -2.06. The normalized spacial score (nSPS) is 9.92. The number of hydrogen-bond donors (Lipinski definition) is 0. The van der Waals surface area contributed by atoms with Crippen molar-refractivity contribution in [2.75, 3.05) is 6.61 Å². The van der Waals surface area contributed by atoms with Crippen LogP contribution < -0.4 is 4.74 Å². The lowest BCUT2D eigenvalue weighted by molar-refractivity contribution is -0.114. The highest BCUT2D eigenvalue weighted by molar-refractivity contribution is 6.09. The fourth-order valence-electron chi connectivity index (χ4n) is 2.06. The first-order chi connectivity index (χ1) is 12.1. The molecule has 0 heterocycles. The molecular formula is C20H18O5. The molecule has 5 heteroatoms. The van der Waals surface area contributed by atoms with Crippen molar-refractivity contribution in [2.24, 2.45) is 0 Å². The minimum atomic E-state index is -0.854. The third-order valence-corrected chi connectivity index (χ3v) is 3.37. The van der Waals surface area contributed by atoms with Crippen LogP contribution in [0.3, 0.4) is 0 Å². The molecule has 2 aromatic rings. The molecule has 0 fully saturated rings. The molecule has 128 valence electrons. The molecular weight excluding hydrogens is 320 g/mol. The first kappa shape index (κ1) is 18.1. The van der Waals surface area contributed by atoms with E-state index in [0.29, 0.717) is 17.5 Å². The summed E-state index contributed by atoms with van der Waals surface area (Å²) in [7, 11) is 0. The van der Waals surface area contributed by atoms with Crippen LogP contribution >= 0.6 is 0 Å². The van der Waals surface area contributed by atoms with Crippen molar-refractivity contribution in [3.05, 3.63) is 78.4 Å². The predicted octanol–water partition coefficient (Wildman–Crippen LogP) is 3.97. The first-order valence-electron chi connectivity index (χ1n) is 7.80. The van der Waals surface area contributed by atoms with E-state index in [9.17, 15) is 14.4 Å². The van der Waals surface area contributed by atoms with Gasteiger partial charge in [0.2, 0.25) is 0 Å². The van der Waals surface area contributed by atoms with Crippen LogP contribution in [0.5, 0.6) is 5.75 Å². The highest BCUT2D eigenvalue weighted by Crippen LogP contribution is 2.16.